The van der Waals surface area contributed by atoms with E-state index in [1.165, 1.54) is 17.9 Å². The topological polar surface area (TPSA) is 95.9 Å². The molecule has 0 saturated carbocycles. The van der Waals surface area contributed by atoms with Gasteiger partial charge in [0.25, 0.3) is 0 Å². The molecule has 0 fully saturated rings. The van der Waals surface area contributed by atoms with E-state index in [1.807, 2.05) is 20.8 Å². The van der Waals surface area contributed by atoms with Crippen molar-refractivity contribution in [3.8, 4) is 28.7 Å². The molecule has 0 saturated heterocycles. The maximum atomic E-state index is 13.4. The largest absolute Gasteiger partial charge is 0.496 e. The van der Waals surface area contributed by atoms with Crippen molar-refractivity contribution in [2.24, 2.45) is 0 Å². The molecule has 0 N–H and O–H groups in total. The van der Waals surface area contributed by atoms with Crippen molar-refractivity contribution in [1.29, 1.82) is 0 Å². The maximum Gasteiger partial charge on any atom is 0.434 e. The molecule has 1 aliphatic rings. The number of hydrogen-bond donors (Lipinski definition) is 0. The number of anilines is 1. The van der Waals surface area contributed by atoms with Crippen molar-refractivity contribution < 1.29 is 22.7 Å². The van der Waals surface area contributed by atoms with Gasteiger partial charge in [-0.05, 0) is 45.4 Å². The molecule has 1 aliphatic heterocycles. The lowest BCUT2D eigenvalue weighted by Gasteiger charge is -2.31. The van der Waals surface area contributed by atoms with Gasteiger partial charge in [-0.15, -0.1) is 5.10 Å². The zero-order valence-corrected chi connectivity index (χ0v) is 23.3. The lowest BCUT2D eigenvalue weighted by Crippen LogP contribution is -2.39. The Morgan fingerprint density at radius 3 is 2.58 bits per heavy atom. The Balaban J connectivity index is 1.53. The van der Waals surface area contributed by atoms with Gasteiger partial charge >= 0.3 is 6.18 Å². The summed E-state index contributed by atoms with van der Waals surface area (Å²) in [4.78, 5) is 23.3. The van der Waals surface area contributed by atoms with Crippen LogP contribution >= 0.6 is 11.6 Å². The van der Waals surface area contributed by atoms with Gasteiger partial charge < -0.3 is 9.30 Å². The van der Waals surface area contributed by atoms with Gasteiger partial charge in [-0.3, -0.25) is 14.4 Å². The SMILES string of the molecule is CCn1cc(C(F)(F)F)nc1-c1ccc(C(C)N2C(=O)CCn3nc(-c4c(Cl)cnn4C(C)C)nc32)cc1OC. The predicted molar refractivity (Wildman–Crippen MR) is 142 cm³/mol. The number of ether oxygens (including phenoxy) is 1. The van der Waals surface area contributed by atoms with Crippen molar-refractivity contribution >= 4 is 23.5 Å². The molecular formula is C26H28ClF3N8O2. The smallest absolute Gasteiger partial charge is 0.434 e. The van der Waals surface area contributed by atoms with Crippen LogP contribution in [0.25, 0.3) is 22.9 Å². The molecule has 0 radical (unpaired) electrons. The number of benzene rings is 1. The number of fused-ring (bicyclic) bond motifs is 1. The molecule has 4 aromatic rings. The Morgan fingerprint density at radius 1 is 1.18 bits per heavy atom. The summed E-state index contributed by atoms with van der Waals surface area (Å²) in [6, 6.07) is 4.63. The first kappa shape index (κ1) is 27.7. The van der Waals surface area contributed by atoms with Crippen LogP contribution in [-0.4, -0.2) is 47.1 Å². The van der Waals surface area contributed by atoms with Crippen molar-refractivity contribution in [2.45, 2.75) is 65.5 Å². The van der Waals surface area contributed by atoms with E-state index in [-0.39, 0.29) is 24.2 Å². The average Bonchev–Trinajstić information content (AvgIpc) is 3.63. The third-order valence-corrected chi connectivity index (χ3v) is 7.15. The number of imidazole rings is 1. The van der Waals surface area contributed by atoms with Gasteiger partial charge in [0, 0.05) is 25.2 Å². The second-order valence-electron chi connectivity index (χ2n) is 9.72. The van der Waals surface area contributed by atoms with E-state index < -0.39 is 17.9 Å². The molecule has 1 unspecified atom stereocenters. The molecule has 1 aromatic carbocycles. The minimum absolute atomic E-state index is 0.0150. The van der Waals surface area contributed by atoms with Crippen molar-refractivity contribution in [2.75, 3.05) is 12.0 Å². The number of alkyl halides is 3. The first-order chi connectivity index (χ1) is 18.9. The van der Waals surface area contributed by atoms with E-state index in [9.17, 15) is 18.0 Å². The first-order valence-electron chi connectivity index (χ1n) is 12.8. The van der Waals surface area contributed by atoms with Crippen LogP contribution < -0.4 is 9.64 Å². The molecular weight excluding hydrogens is 549 g/mol. The van der Waals surface area contributed by atoms with Crippen molar-refractivity contribution in [3.05, 3.63) is 46.9 Å². The molecule has 5 rings (SSSR count). The molecule has 1 atom stereocenters. The molecule has 0 bridgehead atoms. The number of methoxy groups -OCH3 is 1. The van der Waals surface area contributed by atoms with Crippen LogP contribution in [0.15, 0.2) is 30.6 Å². The van der Waals surface area contributed by atoms with Crippen LogP contribution in [0.5, 0.6) is 5.75 Å². The number of halogens is 4. The van der Waals surface area contributed by atoms with Gasteiger partial charge in [0.05, 0.1) is 36.5 Å². The van der Waals surface area contributed by atoms with Gasteiger partial charge in [-0.25, -0.2) is 9.67 Å². The highest BCUT2D eigenvalue weighted by molar-refractivity contribution is 6.32. The number of hydrogen-bond acceptors (Lipinski definition) is 6. The second-order valence-corrected chi connectivity index (χ2v) is 10.1. The molecule has 40 heavy (non-hydrogen) atoms. The third-order valence-electron chi connectivity index (χ3n) is 6.87. The molecule has 10 nitrogen and oxygen atoms in total. The zero-order valence-electron chi connectivity index (χ0n) is 22.6. The van der Waals surface area contributed by atoms with Crippen LogP contribution in [0.4, 0.5) is 19.1 Å². The van der Waals surface area contributed by atoms with Crippen LogP contribution in [0.3, 0.4) is 0 Å². The van der Waals surface area contributed by atoms with Gasteiger partial charge in [0.15, 0.2) is 5.69 Å². The fourth-order valence-electron chi connectivity index (χ4n) is 4.84. The standard InChI is InChI=1S/C26H28ClF3N8O2/c1-6-35-13-20(26(28,29)30)32-24(35)17-8-7-16(11-19(17)40-5)15(4)37-21(39)9-10-36-25(37)33-23(34-36)22-18(27)12-31-38(22)14(2)3/h7-8,11-15H,6,9-10H2,1-5H3. The van der Waals surface area contributed by atoms with Gasteiger partial charge in [0.2, 0.25) is 17.7 Å². The number of aryl methyl sites for hydroxylation is 2. The lowest BCUT2D eigenvalue weighted by atomic mass is 10.0. The minimum atomic E-state index is -4.57. The van der Waals surface area contributed by atoms with Gasteiger partial charge in [0.1, 0.15) is 17.3 Å². The van der Waals surface area contributed by atoms with Crippen LogP contribution in [0.2, 0.25) is 5.02 Å². The van der Waals surface area contributed by atoms with E-state index in [1.54, 1.807) is 39.4 Å². The average molecular weight is 577 g/mol. The molecule has 1 amide bonds. The number of rotatable bonds is 7. The Bertz CT molecular complexity index is 1570. The summed E-state index contributed by atoms with van der Waals surface area (Å²) in [6.07, 6.45) is -1.82. The van der Waals surface area contributed by atoms with E-state index in [0.29, 0.717) is 52.5 Å². The minimum Gasteiger partial charge on any atom is -0.496 e. The normalized spacial score (nSPS) is 14.7. The summed E-state index contributed by atoms with van der Waals surface area (Å²) in [5.74, 6) is 1.06. The molecule has 212 valence electrons. The highest BCUT2D eigenvalue weighted by atomic mass is 35.5. The van der Waals surface area contributed by atoms with E-state index in [4.69, 9.17) is 21.3 Å². The van der Waals surface area contributed by atoms with Gasteiger partial charge in [-0.2, -0.15) is 23.3 Å². The monoisotopic (exact) mass is 576 g/mol. The zero-order chi connectivity index (χ0) is 28.9. The number of carbonyl (C=O) groups is 1. The Labute approximate surface area is 233 Å². The van der Waals surface area contributed by atoms with Crippen LogP contribution in [-0.2, 0) is 24.1 Å². The number of nitrogens with zero attached hydrogens (tertiary/aromatic N) is 8. The first-order valence-corrected chi connectivity index (χ1v) is 13.1. The molecule has 0 spiro atoms. The number of carbonyl (C=O) groups excluding carboxylic acids is 1. The maximum absolute atomic E-state index is 13.4. The molecule has 4 heterocycles. The third kappa shape index (κ3) is 4.72. The van der Waals surface area contributed by atoms with Crippen LogP contribution in [0, 0.1) is 0 Å². The highest BCUT2D eigenvalue weighted by Crippen LogP contribution is 2.38. The fourth-order valence-corrected chi connectivity index (χ4v) is 5.05. The van der Waals surface area contributed by atoms with E-state index in [2.05, 4.69) is 15.2 Å². The summed E-state index contributed by atoms with van der Waals surface area (Å²) in [7, 11) is 1.44. The van der Waals surface area contributed by atoms with Crippen molar-refractivity contribution in [1.82, 2.24) is 34.1 Å². The van der Waals surface area contributed by atoms with E-state index in [0.717, 1.165) is 6.20 Å². The van der Waals surface area contributed by atoms with Crippen LogP contribution in [0.1, 0.15) is 57.5 Å². The summed E-state index contributed by atoms with van der Waals surface area (Å²) < 4.78 is 50.5. The Kier molecular flexibility index (Phi) is 7.11. The molecule has 3 aromatic heterocycles. The molecule has 0 aliphatic carbocycles. The quantitative estimate of drug-likeness (QED) is 0.276. The lowest BCUT2D eigenvalue weighted by molar-refractivity contribution is -0.140. The number of aromatic nitrogens is 7. The van der Waals surface area contributed by atoms with E-state index >= 15 is 0 Å². The Hall–Kier alpha value is -3.87. The Morgan fingerprint density at radius 2 is 1.93 bits per heavy atom. The highest BCUT2D eigenvalue weighted by Gasteiger charge is 2.36. The summed E-state index contributed by atoms with van der Waals surface area (Å²) in [6.45, 7) is 8.17. The van der Waals surface area contributed by atoms with Gasteiger partial charge in [-0.1, -0.05) is 17.7 Å². The van der Waals surface area contributed by atoms with Crippen molar-refractivity contribution in [3.63, 3.8) is 0 Å². The second kappa shape index (κ2) is 10.3. The molecule has 14 heteroatoms. The summed E-state index contributed by atoms with van der Waals surface area (Å²) in [5.41, 5.74) is 0.691. The summed E-state index contributed by atoms with van der Waals surface area (Å²) in [5, 5.41) is 9.36. The number of amides is 1. The fraction of sp³-hybridized carbons (Fsp3) is 0.423. The summed E-state index contributed by atoms with van der Waals surface area (Å²) >= 11 is 6.42. The predicted octanol–water partition coefficient (Wildman–Crippen LogP) is 5.78.